The second kappa shape index (κ2) is 1.99. The number of aliphatic imine (C=N–C) groups is 1. The highest BCUT2D eigenvalue weighted by molar-refractivity contribution is 5.81. The summed E-state index contributed by atoms with van der Waals surface area (Å²) in [6.07, 6.45) is 3.80. The van der Waals surface area contributed by atoms with Crippen molar-refractivity contribution in [1.29, 1.82) is 0 Å². The van der Waals surface area contributed by atoms with Crippen LogP contribution in [0, 0.1) is 0 Å². The normalized spacial score (nSPS) is 17.2. The van der Waals surface area contributed by atoms with Crippen LogP contribution in [0.1, 0.15) is 13.8 Å². The molecular formula is C6H10N2+. The van der Waals surface area contributed by atoms with Gasteiger partial charge < -0.3 is 0 Å². The lowest BCUT2D eigenvalue weighted by Crippen LogP contribution is -2.20. The van der Waals surface area contributed by atoms with Crippen molar-refractivity contribution in [1.82, 2.24) is 9.89 Å². The number of nitrogens with zero attached hydrogens (tertiary/aromatic N) is 2. The Morgan fingerprint density at radius 2 is 2.50 bits per heavy atom. The molecule has 8 heavy (non-hydrogen) atoms. The Hall–Kier alpha value is -0.790. The molecule has 1 aliphatic rings. The van der Waals surface area contributed by atoms with Crippen molar-refractivity contribution >= 4 is 5.84 Å². The summed E-state index contributed by atoms with van der Waals surface area (Å²) < 4.78 is 0. The van der Waals surface area contributed by atoms with Crippen LogP contribution in [0.5, 0.6) is 0 Å². The van der Waals surface area contributed by atoms with Gasteiger partial charge in [0.25, 0.3) is 5.84 Å². The minimum atomic E-state index is 1.02. The van der Waals surface area contributed by atoms with Crippen molar-refractivity contribution in [2.24, 2.45) is 0 Å². The Kier molecular flexibility index (Phi) is 1.33. The molecule has 1 heterocycles. The summed E-state index contributed by atoms with van der Waals surface area (Å²) in [6.45, 7) is 5.13. The predicted molar refractivity (Wildman–Crippen MR) is 34.3 cm³/mol. The van der Waals surface area contributed by atoms with E-state index in [-0.39, 0.29) is 0 Å². The molecule has 0 unspecified atom stereocenters. The fourth-order valence-corrected chi connectivity index (χ4v) is 0.738. The lowest BCUT2D eigenvalue weighted by Gasteiger charge is -1.99. The van der Waals surface area contributed by atoms with Crippen molar-refractivity contribution in [2.75, 3.05) is 6.54 Å². The third-order valence-corrected chi connectivity index (χ3v) is 1.26. The smallest absolute Gasteiger partial charge is 0.231 e. The number of rotatable bonds is 1. The molecule has 1 rings (SSSR count). The van der Waals surface area contributed by atoms with E-state index in [1.54, 1.807) is 0 Å². The molecule has 0 atom stereocenters. The Labute approximate surface area is 49.5 Å². The second-order valence-corrected chi connectivity index (χ2v) is 1.76. The van der Waals surface area contributed by atoms with E-state index in [4.69, 9.17) is 0 Å². The molecule has 0 aromatic carbocycles. The first kappa shape index (κ1) is 5.35. The zero-order valence-electron chi connectivity index (χ0n) is 5.26. The summed E-state index contributed by atoms with van der Waals surface area (Å²) in [5.41, 5.74) is 0. The summed E-state index contributed by atoms with van der Waals surface area (Å²) in [5.74, 6) is 1.09. The molecule has 0 amide bonds. The molecule has 0 spiro atoms. The highest BCUT2D eigenvalue weighted by atomic mass is 15.2. The van der Waals surface area contributed by atoms with Crippen molar-refractivity contribution in [3.05, 3.63) is 12.4 Å². The molecule has 0 saturated carbocycles. The molecule has 0 saturated heterocycles. The summed E-state index contributed by atoms with van der Waals surface area (Å²) in [6, 6.07) is 0. The zero-order chi connectivity index (χ0) is 5.98. The highest BCUT2D eigenvalue weighted by Crippen LogP contribution is 1.93. The summed E-state index contributed by atoms with van der Waals surface area (Å²) >= 11 is 0. The fourth-order valence-electron chi connectivity index (χ4n) is 0.738. The van der Waals surface area contributed by atoms with Crippen molar-refractivity contribution in [3.63, 3.8) is 0 Å². The van der Waals surface area contributed by atoms with Gasteiger partial charge in [0.1, 0.15) is 6.20 Å². The molecule has 1 radical (unpaired) electrons. The molecule has 0 bridgehead atoms. The minimum absolute atomic E-state index is 1.02. The van der Waals surface area contributed by atoms with E-state index < -0.39 is 0 Å². The van der Waals surface area contributed by atoms with Gasteiger partial charge in [-0.15, -0.1) is 0 Å². The van der Waals surface area contributed by atoms with Crippen LogP contribution in [0.4, 0.5) is 0 Å². The van der Waals surface area contributed by atoms with Crippen LogP contribution in [-0.2, 0) is 0 Å². The minimum Gasteiger partial charge on any atom is -0.231 e. The quantitative estimate of drug-likeness (QED) is 0.481. The number of amidine groups is 1. The van der Waals surface area contributed by atoms with Crippen LogP contribution >= 0.6 is 0 Å². The van der Waals surface area contributed by atoms with Crippen LogP contribution in [-0.4, -0.2) is 17.3 Å². The largest absolute Gasteiger partial charge is 0.295 e. The molecule has 0 aliphatic carbocycles. The molecule has 0 aromatic rings. The zero-order valence-corrected chi connectivity index (χ0v) is 5.26. The average Bonchev–Trinajstić information content (AvgIpc) is 2.14. The predicted octanol–water partition coefficient (Wildman–Crippen LogP) is 0.547. The first-order valence-electron chi connectivity index (χ1n) is 2.82. The van der Waals surface area contributed by atoms with E-state index in [0.29, 0.717) is 0 Å². The molecule has 43 valence electrons. The standard InChI is InChI=1S/C6H10N2/c1-3-8-5-4-7-6(8)2/h4-5H,3H2,1-2H3/q+1. The van der Waals surface area contributed by atoms with E-state index >= 15 is 0 Å². The number of hydrogen-bond donors (Lipinski definition) is 0. The van der Waals surface area contributed by atoms with Gasteiger partial charge in [0.05, 0.1) is 6.54 Å². The van der Waals surface area contributed by atoms with Gasteiger partial charge in [0.2, 0.25) is 0 Å². The van der Waals surface area contributed by atoms with Crippen LogP contribution in [0.15, 0.2) is 12.4 Å². The summed E-state index contributed by atoms with van der Waals surface area (Å²) in [7, 11) is 0. The Morgan fingerprint density at radius 1 is 1.75 bits per heavy atom. The van der Waals surface area contributed by atoms with Crippen LogP contribution < -0.4 is 4.99 Å². The monoisotopic (exact) mass is 110 g/mol. The topological polar surface area (TPSA) is 17.3 Å². The fraction of sp³-hybridized carbons (Fsp3) is 0.500. The van der Waals surface area contributed by atoms with Crippen molar-refractivity contribution in [3.8, 4) is 0 Å². The molecular weight excluding hydrogens is 100 g/mol. The second-order valence-electron chi connectivity index (χ2n) is 1.76. The third kappa shape index (κ3) is 0.735. The van der Waals surface area contributed by atoms with E-state index in [1.807, 2.05) is 19.3 Å². The van der Waals surface area contributed by atoms with E-state index in [0.717, 1.165) is 12.4 Å². The van der Waals surface area contributed by atoms with Crippen LogP contribution in [0.25, 0.3) is 0 Å². The van der Waals surface area contributed by atoms with Gasteiger partial charge in [-0.05, 0) is 6.92 Å². The van der Waals surface area contributed by atoms with Gasteiger partial charge in [0.15, 0.2) is 6.20 Å². The average molecular weight is 110 g/mol. The third-order valence-electron chi connectivity index (χ3n) is 1.26. The summed E-state index contributed by atoms with van der Waals surface area (Å²) in [4.78, 5) is 6.15. The van der Waals surface area contributed by atoms with E-state index in [1.165, 1.54) is 0 Å². The molecule has 2 nitrogen and oxygen atoms in total. The molecule has 0 aromatic heterocycles. The molecule has 0 fully saturated rings. The summed E-state index contributed by atoms with van der Waals surface area (Å²) in [5, 5.41) is 0. The van der Waals surface area contributed by atoms with Gasteiger partial charge >= 0.3 is 0 Å². The van der Waals surface area contributed by atoms with Crippen molar-refractivity contribution in [2.45, 2.75) is 13.8 Å². The van der Waals surface area contributed by atoms with E-state index in [9.17, 15) is 0 Å². The van der Waals surface area contributed by atoms with E-state index in [2.05, 4.69) is 16.8 Å². The lowest BCUT2D eigenvalue weighted by atomic mass is 10.5. The number of hydrogen-bond acceptors (Lipinski definition) is 2. The molecule has 2 heteroatoms. The Bertz CT molecular complexity index is 135. The lowest BCUT2D eigenvalue weighted by molar-refractivity contribution is 0.597. The Balaban J connectivity index is 2.58. The molecule has 1 aliphatic heterocycles. The van der Waals surface area contributed by atoms with Gasteiger partial charge in [0, 0.05) is 6.92 Å². The van der Waals surface area contributed by atoms with Crippen molar-refractivity contribution < 1.29 is 0 Å². The van der Waals surface area contributed by atoms with Gasteiger partial charge in [-0.25, -0.2) is 4.90 Å². The SMILES string of the molecule is CCN1C=C[N+]=C1C. The first-order valence-corrected chi connectivity index (χ1v) is 2.82. The maximum atomic E-state index is 4.05. The first-order chi connectivity index (χ1) is 3.84. The Morgan fingerprint density at radius 3 is 2.75 bits per heavy atom. The molecule has 0 N–H and O–H groups in total. The maximum absolute atomic E-state index is 4.05. The highest BCUT2D eigenvalue weighted by Gasteiger charge is 2.14. The van der Waals surface area contributed by atoms with Crippen LogP contribution in [0.2, 0.25) is 0 Å². The van der Waals surface area contributed by atoms with Gasteiger partial charge in [-0.1, -0.05) is 4.99 Å². The maximum Gasteiger partial charge on any atom is 0.295 e. The van der Waals surface area contributed by atoms with Crippen LogP contribution in [0.3, 0.4) is 0 Å². The van der Waals surface area contributed by atoms with Gasteiger partial charge in [-0.2, -0.15) is 0 Å². The van der Waals surface area contributed by atoms with Gasteiger partial charge in [-0.3, -0.25) is 0 Å².